The van der Waals surface area contributed by atoms with E-state index < -0.39 is 0 Å². The van der Waals surface area contributed by atoms with Crippen molar-refractivity contribution in [3.05, 3.63) is 36.2 Å². The first-order valence-corrected chi connectivity index (χ1v) is 7.16. The second-order valence-corrected chi connectivity index (χ2v) is 5.64. The number of benzene rings is 1. The quantitative estimate of drug-likeness (QED) is 0.586. The minimum atomic E-state index is 1.13. The molecule has 1 nitrogen and oxygen atoms in total. The van der Waals surface area contributed by atoms with Crippen molar-refractivity contribution < 1.29 is 0 Å². The van der Waals surface area contributed by atoms with Crippen molar-refractivity contribution in [1.82, 2.24) is 4.98 Å². The highest BCUT2D eigenvalue weighted by Gasteiger charge is 2.10. The molecule has 80 valence electrons. The molecule has 0 unspecified atom stereocenters. The van der Waals surface area contributed by atoms with E-state index in [1.807, 2.05) is 17.5 Å². The van der Waals surface area contributed by atoms with Crippen molar-refractivity contribution in [3.8, 4) is 0 Å². The lowest BCUT2D eigenvalue weighted by Crippen LogP contribution is -1.80. The molecule has 2 aromatic heterocycles. The number of aryl methyl sites for hydroxylation is 1. The van der Waals surface area contributed by atoms with Crippen LogP contribution in [0.15, 0.2) is 35.4 Å². The van der Waals surface area contributed by atoms with Crippen molar-refractivity contribution in [2.24, 2.45) is 0 Å². The Bertz CT molecular complexity index is 670. The van der Waals surface area contributed by atoms with Gasteiger partial charge in [-0.05, 0) is 31.4 Å². The summed E-state index contributed by atoms with van der Waals surface area (Å²) in [6, 6.07) is 8.62. The second-order valence-electron chi connectivity index (χ2n) is 3.70. The largest absolute Gasteiger partial charge is 0.261 e. The third-order valence-corrected chi connectivity index (χ3v) is 4.68. The Morgan fingerprint density at radius 1 is 1.12 bits per heavy atom. The van der Waals surface area contributed by atoms with Crippen molar-refractivity contribution >= 4 is 43.3 Å². The first-order chi connectivity index (χ1) is 7.81. The lowest BCUT2D eigenvalue weighted by Gasteiger charge is -2.00. The molecule has 0 bridgehead atoms. The maximum atomic E-state index is 4.40. The Morgan fingerprint density at radius 3 is 2.75 bits per heavy atom. The zero-order chi connectivity index (χ0) is 11.1. The Morgan fingerprint density at radius 2 is 1.94 bits per heavy atom. The molecule has 1 aromatic carbocycles. The molecule has 0 amide bonds. The summed E-state index contributed by atoms with van der Waals surface area (Å²) < 4.78 is 2.70. The van der Waals surface area contributed by atoms with Crippen LogP contribution in [0.5, 0.6) is 0 Å². The van der Waals surface area contributed by atoms with Gasteiger partial charge in [0.1, 0.15) is 0 Å². The zero-order valence-corrected chi connectivity index (χ0v) is 10.8. The summed E-state index contributed by atoms with van der Waals surface area (Å²) in [6.07, 6.45) is 4.02. The van der Waals surface area contributed by atoms with E-state index in [0.29, 0.717) is 0 Å². The molecule has 3 aromatic rings. The van der Waals surface area contributed by atoms with Gasteiger partial charge in [-0.2, -0.15) is 0 Å². The van der Waals surface area contributed by atoms with Crippen molar-refractivity contribution in [2.45, 2.75) is 11.8 Å². The van der Waals surface area contributed by atoms with Gasteiger partial charge in [-0.25, -0.2) is 0 Å². The predicted molar refractivity (Wildman–Crippen MR) is 73.6 cm³/mol. The average Bonchev–Trinajstić information content (AvgIpc) is 2.68. The number of aromatic nitrogens is 1. The highest BCUT2D eigenvalue weighted by Crippen LogP contribution is 2.39. The molecule has 2 heterocycles. The number of fused-ring (bicyclic) bond motifs is 3. The van der Waals surface area contributed by atoms with Crippen LogP contribution in [-0.4, -0.2) is 11.2 Å². The number of hydrogen-bond donors (Lipinski definition) is 0. The van der Waals surface area contributed by atoms with Gasteiger partial charge in [0.05, 0.1) is 0 Å². The normalized spacial score (nSPS) is 11.4. The molecule has 0 atom stereocenters. The fraction of sp³-hybridized carbons (Fsp3) is 0.154. The smallest absolute Gasteiger partial charge is 0.0466 e. The Balaban J connectivity index is 2.60. The van der Waals surface area contributed by atoms with Crippen LogP contribution in [0.2, 0.25) is 0 Å². The second kappa shape index (κ2) is 3.75. The van der Waals surface area contributed by atoms with Crippen molar-refractivity contribution in [1.29, 1.82) is 0 Å². The van der Waals surface area contributed by atoms with Gasteiger partial charge >= 0.3 is 0 Å². The van der Waals surface area contributed by atoms with Gasteiger partial charge in [-0.3, -0.25) is 4.98 Å². The monoisotopic (exact) mass is 245 g/mol. The van der Waals surface area contributed by atoms with Crippen LogP contribution in [0.3, 0.4) is 0 Å². The van der Waals surface area contributed by atoms with E-state index in [0.717, 1.165) is 5.69 Å². The van der Waals surface area contributed by atoms with E-state index in [4.69, 9.17) is 0 Å². The number of thiophene rings is 1. The summed E-state index contributed by atoms with van der Waals surface area (Å²) >= 11 is 3.66. The van der Waals surface area contributed by atoms with E-state index in [-0.39, 0.29) is 0 Å². The molecule has 0 aliphatic rings. The Hall–Kier alpha value is -1.06. The third-order valence-electron chi connectivity index (χ3n) is 2.78. The minimum absolute atomic E-state index is 1.13. The topological polar surface area (TPSA) is 12.9 Å². The summed E-state index contributed by atoms with van der Waals surface area (Å²) in [5.41, 5.74) is 1.13. The van der Waals surface area contributed by atoms with Crippen molar-refractivity contribution in [2.75, 3.05) is 6.26 Å². The molecule has 0 N–H and O–H groups in total. The number of hydrogen-bond acceptors (Lipinski definition) is 3. The maximum Gasteiger partial charge on any atom is 0.0466 e. The average molecular weight is 245 g/mol. The van der Waals surface area contributed by atoms with E-state index in [1.54, 1.807) is 11.8 Å². The van der Waals surface area contributed by atoms with E-state index in [2.05, 4.69) is 42.4 Å². The SMILES string of the molecule is CSc1cccc2sc3ccnc(C)c3c12. The molecule has 0 spiro atoms. The molecule has 3 heteroatoms. The molecule has 0 radical (unpaired) electrons. The van der Waals surface area contributed by atoms with Gasteiger partial charge in [-0.1, -0.05) is 6.07 Å². The Kier molecular flexibility index (Phi) is 2.37. The number of thioether (sulfide) groups is 1. The van der Waals surface area contributed by atoms with Crippen LogP contribution < -0.4 is 0 Å². The molecular formula is C13H11NS2. The van der Waals surface area contributed by atoms with Crippen LogP contribution in [0.4, 0.5) is 0 Å². The molecule has 0 aliphatic heterocycles. The van der Waals surface area contributed by atoms with Gasteiger partial charge in [0, 0.05) is 37.0 Å². The first kappa shape index (κ1) is 10.1. The zero-order valence-electron chi connectivity index (χ0n) is 9.15. The standard InChI is InChI=1S/C13H11NS2/c1-8-12-11(6-7-14-8)16-10-5-3-4-9(15-2)13(10)12/h3-7H,1-2H3. The molecule has 0 aliphatic carbocycles. The van der Waals surface area contributed by atoms with Gasteiger partial charge in [0.15, 0.2) is 0 Å². The number of rotatable bonds is 1. The number of pyridine rings is 1. The molecule has 3 rings (SSSR count). The highest BCUT2D eigenvalue weighted by molar-refractivity contribution is 7.98. The van der Waals surface area contributed by atoms with Gasteiger partial charge in [0.2, 0.25) is 0 Å². The molecule has 0 saturated heterocycles. The molecule has 0 fully saturated rings. The van der Waals surface area contributed by atoms with Crippen LogP contribution in [0.1, 0.15) is 5.69 Å². The van der Waals surface area contributed by atoms with Crippen LogP contribution in [-0.2, 0) is 0 Å². The highest BCUT2D eigenvalue weighted by atomic mass is 32.2. The van der Waals surface area contributed by atoms with Crippen LogP contribution >= 0.6 is 23.1 Å². The summed E-state index contributed by atoms with van der Waals surface area (Å²) in [6.45, 7) is 2.09. The fourth-order valence-corrected chi connectivity index (χ4v) is 3.94. The van der Waals surface area contributed by atoms with Crippen LogP contribution in [0, 0.1) is 6.92 Å². The lowest BCUT2D eigenvalue weighted by molar-refractivity contribution is 1.24. The van der Waals surface area contributed by atoms with E-state index in [1.165, 1.54) is 25.1 Å². The van der Waals surface area contributed by atoms with Gasteiger partial charge < -0.3 is 0 Å². The summed E-state index contributed by atoms with van der Waals surface area (Å²) in [5, 5.41) is 2.70. The number of nitrogens with zero attached hydrogens (tertiary/aromatic N) is 1. The summed E-state index contributed by atoms with van der Waals surface area (Å²) in [4.78, 5) is 5.75. The maximum absolute atomic E-state index is 4.40. The van der Waals surface area contributed by atoms with Gasteiger partial charge in [0.25, 0.3) is 0 Å². The molecular weight excluding hydrogens is 234 g/mol. The molecule has 0 saturated carbocycles. The summed E-state index contributed by atoms with van der Waals surface area (Å²) in [5.74, 6) is 0. The fourth-order valence-electron chi connectivity index (χ4n) is 2.06. The van der Waals surface area contributed by atoms with E-state index in [9.17, 15) is 0 Å². The van der Waals surface area contributed by atoms with E-state index >= 15 is 0 Å². The predicted octanol–water partition coefficient (Wildman–Crippen LogP) is 4.48. The van der Waals surface area contributed by atoms with Gasteiger partial charge in [-0.15, -0.1) is 23.1 Å². The van der Waals surface area contributed by atoms with Crippen molar-refractivity contribution in [3.63, 3.8) is 0 Å². The lowest BCUT2D eigenvalue weighted by atomic mass is 10.1. The van der Waals surface area contributed by atoms with Crippen LogP contribution in [0.25, 0.3) is 20.2 Å². The molecule has 16 heavy (non-hydrogen) atoms. The Labute approximate surface area is 103 Å². The minimum Gasteiger partial charge on any atom is -0.261 e. The summed E-state index contributed by atoms with van der Waals surface area (Å²) in [7, 11) is 0. The third kappa shape index (κ3) is 1.35. The first-order valence-electron chi connectivity index (χ1n) is 5.12.